The standard InChI is InChI=1S/C21H22N2O4/c1-14-7-6-8-15(2)19(14)22-20(26)21(13-18(24)25)12-17(23-27-21)11-16-9-4-3-5-10-16/h3-10H,11-13H2,1-2H3,(H,22,26)(H,24,25)/t21-/m0/s1. The van der Waals surface area contributed by atoms with Crippen molar-refractivity contribution in [2.24, 2.45) is 5.16 Å². The zero-order valence-corrected chi connectivity index (χ0v) is 15.4. The predicted molar refractivity (Wildman–Crippen MR) is 103 cm³/mol. The van der Waals surface area contributed by atoms with E-state index in [0.717, 1.165) is 16.7 Å². The summed E-state index contributed by atoms with van der Waals surface area (Å²) in [6, 6.07) is 15.4. The van der Waals surface area contributed by atoms with Gasteiger partial charge in [-0.2, -0.15) is 0 Å². The molecule has 27 heavy (non-hydrogen) atoms. The van der Waals surface area contributed by atoms with Gasteiger partial charge in [0.15, 0.2) is 0 Å². The smallest absolute Gasteiger partial charge is 0.308 e. The van der Waals surface area contributed by atoms with Crippen LogP contribution in [0.3, 0.4) is 0 Å². The van der Waals surface area contributed by atoms with Gasteiger partial charge in [0.2, 0.25) is 5.60 Å². The lowest BCUT2D eigenvalue weighted by Gasteiger charge is -2.24. The number of carbonyl (C=O) groups excluding carboxylic acids is 1. The number of benzene rings is 2. The Bertz CT molecular complexity index is 872. The van der Waals surface area contributed by atoms with Gasteiger partial charge in [0, 0.05) is 18.5 Å². The van der Waals surface area contributed by atoms with Crippen molar-refractivity contribution < 1.29 is 19.5 Å². The summed E-state index contributed by atoms with van der Waals surface area (Å²) in [5, 5.41) is 16.2. The molecule has 0 aliphatic carbocycles. The second-order valence-corrected chi connectivity index (χ2v) is 6.87. The second kappa shape index (κ2) is 7.61. The van der Waals surface area contributed by atoms with Crippen molar-refractivity contribution >= 4 is 23.3 Å². The van der Waals surface area contributed by atoms with Crippen molar-refractivity contribution in [3.63, 3.8) is 0 Å². The molecular weight excluding hydrogens is 344 g/mol. The highest BCUT2D eigenvalue weighted by molar-refractivity contribution is 6.05. The first-order valence-corrected chi connectivity index (χ1v) is 8.77. The molecule has 2 aromatic carbocycles. The van der Waals surface area contributed by atoms with Crippen LogP contribution >= 0.6 is 0 Å². The van der Waals surface area contributed by atoms with Crippen LogP contribution in [0, 0.1) is 13.8 Å². The first-order valence-electron chi connectivity index (χ1n) is 8.77. The third kappa shape index (κ3) is 4.16. The van der Waals surface area contributed by atoms with Crippen molar-refractivity contribution in [2.45, 2.75) is 38.7 Å². The maximum Gasteiger partial charge on any atom is 0.308 e. The monoisotopic (exact) mass is 366 g/mol. The van der Waals surface area contributed by atoms with E-state index in [1.54, 1.807) is 0 Å². The van der Waals surface area contributed by atoms with Gasteiger partial charge in [-0.1, -0.05) is 53.7 Å². The van der Waals surface area contributed by atoms with Crippen LogP contribution in [0.5, 0.6) is 0 Å². The van der Waals surface area contributed by atoms with E-state index >= 15 is 0 Å². The number of hydrogen-bond donors (Lipinski definition) is 2. The largest absolute Gasteiger partial charge is 0.481 e. The van der Waals surface area contributed by atoms with Crippen LogP contribution in [0.2, 0.25) is 0 Å². The number of aryl methyl sites for hydroxylation is 2. The number of para-hydroxylation sites is 1. The number of carbonyl (C=O) groups is 2. The lowest BCUT2D eigenvalue weighted by molar-refractivity contribution is -0.152. The lowest BCUT2D eigenvalue weighted by Crippen LogP contribution is -2.45. The average Bonchev–Trinajstić information content (AvgIpc) is 3.02. The van der Waals surface area contributed by atoms with Gasteiger partial charge < -0.3 is 15.3 Å². The van der Waals surface area contributed by atoms with E-state index in [1.165, 1.54) is 0 Å². The van der Waals surface area contributed by atoms with E-state index in [-0.39, 0.29) is 6.42 Å². The molecule has 6 heteroatoms. The normalized spacial score (nSPS) is 18.5. The number of rotatable bonds is 6. The number of amides is 1. The zero-order chi connectivity index (χ0) is 19.4. The van der Waals surface area contributed by atoms with Crippen molar-refractivity contribution in [3.8, 4) is 0 Å². The van der Waals surface area contributed by atoms with Gasteiger partial charge in [0.05, 0.1) is 12.1 Å². The highest BCUT2D eigenvalue weighted by atomic mass is 16.7. The summed E-state index contributed by atoms with van der Waals surface area (Å²) in [6.07, 6.45) is 0.204. The molecular formula is C21H22N2O4. The van der Waals surface area contributed by atoms with Crippen LogP contribution in [0.4, 0.5) is 5.69 Å². The molecule has 1 amide bonds. The summed E-state index contributed by atoms with van der Waals surface area (Å²) in [7, 11) is 0. The molecule has 2 N–H and O–H groups in total. The van der Waals surface area contributed by atoms with Crippen LogP contribution in [0.15, 0.2) is 53.7 Å². The van der Waals surface area contributed by atoms with Gasteiger partial charge in [0.25, 0.3) is 5.91 Å². The van der Waals surface area contributed by atoms with Crippen LogP contribution in [0.1, 0.15) is 29.5 Å². The number of aliphatic carboxylic acids is 1. The Morgan fingerprint density at radius 3 is 2.41 bits per heavy atom. The summed E-state index contributed by atoms with van der Waals surface area (Å²) in [4.78, 5) is 29.9. The number of nitrogens with one attached hydrogen (secondary N) is 1. The summed E-state index contributed by atoms with van der Waals surface area (Å²) in [6.45, 7) is 3.78. The van der Waals surface area contributed by atoms with Crippen molar-refractivity contribution in [3.05, 3.63) is 65.2 Å². The van der Waals surface area contributed by atoms with Crippen molar-refractivity contribution in [2.75, 3.05) is 5.32 Å². The topological polar surface area (TPSA) is 88.0 Å². The molecule has 0 bridgehead atoms. The third-order valence-electron chi connectivity index (χ3n) is 4.66. The minimum Gasteiger partial charge on any atom is -0.481 e. The molecule has 1 aliphatic rings. The number of anilines is 1. The fourth-order valence-electron chi connectivity index (χ4n) is 3.25. The van der Waals surface area contributed by atoms with Crippen LogP contribution in [0.25, 0.3) is 0 Å². The van der Waals surface area contributed by atoms with E-state index in [4.69, 9.17) is 4.84 Å². The van der Waals surface area contributed by atoms with Gasteiger partial charge in [-0.25, -0.2) is 0 Å². The van der Waals surface area contributed by atoms with Gasteiger partial charge >= 0.3 is 5.97 Å². The summed E-state index contributed by atoms with van der Waals surface area (Å²) in [5.41, 5.74) is 2.62. The zero-order valence-electron chi connectivity index (χ0n) is 15.4. The number of nitrogens with zero attached hydrogens (tertiary/aromatic N) is 1. The molecule has 2 aromatic rings. The second-order valence-electron chi connectivity index (χ2n) is 6.87. The highest BCUT2D eigenvalue weighted by Crippen LogP contribution is 2.32. The minimum atomic E-state index is -1.54. The van der Waals surface area contributed by atoms with Gasteiger partial charge in [0.1, 0.15) is 0 Å². The molecule has 6 nitrogen and oxygen atoms in total. The maximum absolute atomic E-state index is 13.0. The average molecular weight is 366 g/mol. The van der Waals surface area contributed by atoms with Crippen molar-refractivity contribution in [1.29, 1.82) is 0 Å². The van der Waals surface area contributed by atoms with Crippen molar-refractivity contribution in [1.82, 2.24) is 0 Å². The fraction of sp³-hybridized carbons (Fsp3) is 0.286. The molecule has 0 radical (unpaired) electrons. The Hall–Kier alpha value is -3.15. The summed E-state index contributed by atoms with van der Waals surface area (Å²) < 4.78 is 0. The van der Waals surface area contributed by atoms with Crippen LogP contribution < -0.4 is 5.32 Å². The number of carboxylic acid groups (broad SMARTS) is 1. The molecule has 1 heterocycles. The first-order chi connectivity index (χ1) is 12.9. The summed E-state index contributed by atoms with van der Waals surface area (Å²) in [5.74, 6) is -1.60. The van der Waals surface area contributed by atoms with Crippen LogP contribution in [-0.4, -0.2) is 28.3 Å². The molecule has 0 saturated carbocycles. The molecule has 3 rings (SSSR count). The molecule has 0 spiro atoms. The van der Waals surface area contributed by atoms with E-state index in [9.17, 15) is 14.7 Å². The van der Waals surface area contributed by atoms with E-state index in [1.807, 2.05) is 62.4 Å². The molecule has 0 saturated heterocycles. The van der Waals surface area contributed by atoms with E-state index in [0.29, 0.717) is 17.8 Å². The Balaban J connectivity index is 1.80. The highest BCUT2D eigenvalue weighted by Gasteiger charge is 2.48. The Morgan fingerprint density at radius 2 is 1.78 bits per heavy atom. The first kappa shape index (κ1) is 18.6. The SMILES string of the molecule is Cc1cccc(C)c1NC(=O)[C@@]1(CC(=O)O)CC(Cc2ccccc2)=NO1. The number of hydrogen-bond acceptors (Lipinski definition) is 4. The Morgan fingerprint density at radius 1 is 1.11 bits per heavy atom. The minimum absolute atomic E-state index is 0.144. The Kier molecular flexibility index (Phi) is 5.26. The predicted octanol–water partition coefficient (Wildman–Crippen LogP) is 3.47. The van der Waals surface area contributed by atoms with Gasteiger partial charge in [-0.3, -0.25) is 9.59 Å². The molecule has 0 aromatic heterocycles. The third-order valence-corrected chi connectivity index (χ3v) is 4.66. The summed E-state index contributed by atoms with van der Waals surface area (Å²) >= 11 is 0. The molecule has 140 valence electrons. The Labute approximate surface area is 157 Å². The fourth-order valence-corrected chi connectivity index (χ4v) is 3.25. The quantitative estimate of drug-likeness (QED) is 0.819. The molecule has 1 atom stereocenters. The molecule has 0 fully saturated rings. The van der Waals surface area contributed by atoms with E-state index in [2.05, 4.69) is 10.5 Å². The van der Waals surface area contributed by atoms with Gasteiger partial charge in [-0.15, -0.1) is 0 Å². The van der Waals surface area contributed by atoms with E-state index < -0.39 is 23.9 Å². The van der Waals surface area contributed by atoms with Crippen LogP contribution in [-0.2, 0) is 20.8 Å². The number of oxime groups is 1. The lowest BCUT2D eigenvalue weighted by atomic mass is 9.90. The number of carboxylic acids is 1. The molecule has 1 aliphatic heterocycles. The van der Waals surface area contributed by atoms with Gasteiger partial charge in [-0.05, 0) is 30.5 Å². The molecule has 0 unspecified atom stereocenters. The maximum atomic E-state index is 13.0.